The van der Waals surface area contributed by atoms with Gasteiger partial charge in [-0.2, -0.15) is 0 Å². The summed E-state index contributed by atoms with van der Waals surface area (Å²) in [6.07, 6.45) is 1.05. The van der Waals surface area contributed by atoms with Crippen molar-refractivity contribution in [3.8, 4) is 5.75 Å². The number of hydrogen-bond acceptors (Lipinski definition) is 3. The van der Waals surface area contributed by atoms with Gasteiger partial charge in [-0.3, -0.25) is 0 Å². The zero-order valence-corrected chi connectivity index (χ0v) is 10.4. The first kappa shape index (κ1) is 13.0. The van der Waals surface area contributed by atoms with Crippen molar-refractivity contribution in [1.82, 2.24) is 10.2 Å². The van der Waals surface area contributed by atoms with E-state index < -0.39 is 0 Å². The average molecular weight is 222 g/mol. The van der Waals surface area contributed by atoms with Gasteiger partial charge in [0.15, 0.2) is 0 Å². The van der Waals surface area contributed by atoms with E-state index in [0.717, 1.165) is 19.5 Å². The molecule has 1 unspecified atom stereocenters. The number of rotatable bonds is 6. The highest BCUT2D eigenvalue weighted by Crippen LogP contribution is 2.19. The van der Waals surface area contributed by atoms with Gasteiger partial charge in [0, 0.05) is 19.1 Å². The zero-order chi connectivity index (χ0) is 12.0. The van der Waals surface area contributed by atoms with Crippen LogP contribution in [0, 0.1) is 0 Å². The van der Waals surface area contributed by atoms with E-state index in [4.69, 9.17) is 0 Å². The van der Waals surface area contributed by atoms with Crippen LogP contribution in [0.5, 0.6) is 5.75 Å². The summed E-state index contributed by atoms with van der Waals surface area (Å²) in [5.74, 6) is 0.326. The van der Waals surface area contributed by atoms with E-state index in [9.17, 15) is 5.11 Å². The summed E-state index contributed by atoms with van der Waals surface area (Å²) >= 11 is 0. The maximum absolute atomic E-state index is 9.23. The maximum atomic E-state index is 9.23. The molecule has 0 aliphatic carbocycles. The predicted molar refractivity (Wildman–Crippen MR) is 67.7 cm³/mol. The molecule has 1 rings (SSSR count). The molecule has 1 aromatic rings. The number of hydrogen-bond donors (Lipinski definition) is 2. The molecule has 0 aromatic heterocycles. The summed E-state index contributed by atoms with van der Waals surface area (Å²) < 4.78 is 0. The van der Waals surface area contributed by atoms with E-state index in [1.165, 1.54) is 5.56 Å². The first-order valence-corrected chi connectivity index (χ1v) is 5.80. The van der Waals surface area contributed by atoms with E-state index in [2.05, 4.69) is 31.2 Å². The van der Waals surface area contributed by atoms with E-state index in [-0.39, 0.29) is 0 Å². The lowest BCUT2D eigenvalue weighted by molar-refractivity contribution is 0.382. The molecule has 0 aliphatic rings. The molecule has 0 aliphatic heterocycles. The predicted octanol–water partition coefficient (Wildman–Crippen LogP) is 1.99. The van der Waals surface area contributed by atoms with Gasteiger partial charge < -0.3 is 15.3 Å². The molecule has 0 amide bonds. The number of aromatic hydroxyl groups is 1. The Morgan fingerprint density at radius 2 is 1.88 bits per heavy atom. The Morgan fingerprint density at radius 1 is 1.25 bits per heavy atom. The van der Waals surface area contributed by atoms with Crippen molar-refractivity contribution >= 4 is 0 Å². The summed E-state index contributed by atoms with van der Waals surface area (Å²) in [5.41, 5.74) is 1.24. The quantitative estimate of drug-likeness (QED) is 0.772. The fourth-order valence-electron chi connectivity index (χ4n) is 1.67. The number of nitrogens with one attached hydrogen (secondary N) is 1. The first-order chi connectivity index (χ1) is 7.63. The second-order valence-corrected chi connectivity index (χ2v) is 4.31. The van der Waals surface area contributed by atoms with Crippen molar-refractivity contribution in [1.29, 1.82) is 0 Å². The number of benzene rings is 1. The van der Waals surface area contributed by atoms with E-state index in [1.807, 2.05) is 12.1 Å². The minimum absolute atomic E-state index is 0.326. The Balaban J connectivity index is 2.50. The van der Waals surface area contributed by atoms with Crippen LogP contribution < -0.4 is 5.32 Å². The molecule has 0 radical (unpaired) electrons. The second-order valence-electron chi connectivity index (χ2n) is 4.31. The SMILES string of the molecule is CCC(NCCN(C)C)c1ccc(O)cc1. The molecule has 2 N–H and O–H groups in total. The van der Waals surface area contributed by atoms with Crippen LogP contribution in [0.1, 0.15) is 24.9 Å². The first-order valence-electron chi connectivity index (χ1n) is 5.80. The van der Waals surface area contributed by atoms with Gasteiger partial charge in [-0.15, -0.1) is 0 Å². The number of nitrogens with zero attached hydrogens (tertiary/aromatic N) is 1. The van der Waals surface area contributed by atoms with E-state index in [0.29, 0.717) is 11.8 Å². The van der Waals surface area contributed by atoms with Crippen LogP contribution in [0.25, 0.3) is 0 Å². The van der Waals surface area contributed by atoms with Gasteiger partial charge >= 0.3 is 0 Å². The Hall–Kier alpha value is -1.06. The molecule has 1 aromatic carbocycles. The zero-order valence-electron chi connectivity index (χ0n) is 10.4. The third-order valence-electron chi connectivity index (χ3n) is 2.65. The average Bonchev–Trinajstić information content (AvgIpc) is 2.26. The molecular formula is C13H22N2O. The van der Waals surface area contributed by atoms with Crippen LogP contribution in [0.2, 0.25) is 0 Å². The number of phenols is 1. The van der Waals surface area contributed by atoms with Crippen LogP contribution >= 0.6 is 0 Å². The Morgan fingerprint density at radius 3 is 2.38 bits per heavy atom. The summed E-state index contributed by atoms with van der Waals surface area (Å²) in [6.45, 7) is 4.18. The lowest BCUT2D eigenvalue weighted by Gasteiger charge is -2.19. The molecule has 0 saturated heterocycles. The standard InChI is InChI=1S/C13H22N2O/c1-4-13(14-9-10-15(2)3)11-5-7-12(16)8-6-11/h5-8,13-14,16H,4,9-10H2,1-3H3. The monoisotopic (exact) mass is 222 g/mol. The van der Waals surface area contributed by atoms with Crippen molar-refractivity contribution in [3.63, 3.8) is 0 Å². The summed E-state index contributed by atoms with van der Waals surface area (Å²) in [4.78, 5) is 2.16. The lowest BCUT2D eigenvalue weighted by Crippen LogP contribution is -2.29. The Bertz CT molecular complexity index is 295. The van der Waals surface area contributed by atoms with Gasteiger partial charge in [-0.05, 0) is 38.2 Å². The summed E-state index contributed by atoms with van der Waals surface area (Å²) in [5, 5.41) is 12.7. The van der Waals surface area contributed by atoms with Crippen LogP contribution in [0.15, 0.2) is 24.3 Å². The minimum atomic E-state index is 0.326. The van der Waals surface area contributed by atoms with E-state index in [1.54, 1.807) is 12.1 Å². The molecule has 0 spiro atoms. The van der Waals surface area contributed by atoms with Crippen LogP contribution in [0.3, 0.4) is 0 Å². The second kappa shape index (κ2) is 6.51. The number of phenolic OH excluding ortho intramolecular Hbond substituents is 1. The molecule has 16 heavy (non-hydrogen) atoms. The molecule has 0 saturated carbocycles. The van der Waals surface area contributed by atoms with Crippen molar-refractivity contribution in [2.24, 2.45) is 0 Å². The minimum Gasteiger partial charge on any atom is -0.508 e. The smallest absolute Gasteiger partial charge is 0.115 e. The van der Waals surface area contributed by atoms with Gasteiger partial charge in [0.1, 0.15) is 5.75 Å². The third-order valence-corrected chi connectivity index (χ3v) is 2.65. The fraction of sp³-hybridized carbons (Fsp3) is 0.538. The lowest BCUT2D eigenvalue weighted by atomic mass is 10.0. The normalized spacial score (nSPS) is 13.0. The van der Waals surface area contributed by atoms with Crippen LogP contribution in [0.4, 0.5) is 0 Å². The van der Waals surface area contributed by atoms with Gasteiger partial charge in [-0.1, -0.05) is 19.1 Å². The molecule has 0 fully saturated rings. The van der Waals surface area contributed by atoms with Gasteiger partial charge in [0.2, 0.25) is 0 Å². The van der Waals surface area contributed by atoms with Crippen LogP contribution in [-0.2, 0) is 0 Å². The molecule has 3 nitrogen and oxygen atoms in total. The molecule has 1 atom stereocenters. The van der Waals surface area contributed by atoms with Crippen molar-refractivity contribution in [2.75, 3.05) is 27.2 Å². The largest absolute Gasteiger partial charge is 0.508 e. The van der Waals surface area contributed by atoms with Crippen molar-refractivity contribution in [3.05, 3.63) is 29.8 Å². The highest BCUT2D eigenvalue weighted by atomic mass is 16.3. The van der Waals surface area contributed by atoms with Crippen LogP contribution in [-0.4, -0.2) is 37.2 Å². The fourth-order valence-corrected chi connectivity index (χ4v) is 1.67. The van der Waals surface area contributed by atoms with Gasteiger partial charge in [0.25, 0.3) is 0 Å². The summed E-state index contributed by atoms with van der Waals surface area (Å²) in [6, 6.07) is 7.82. The third kappa shape index (κ3) is 4.21. The Kier molecular flexibility index (Phi) is 5.29. The maximum Gasteiger partial charge on any atom is 0.115 e. The van der Waals surface area contributed by atoms with Crippen molar-refractivity contribution < 1.29 is 5.11 Å². The van der Waals surface area contributed by atoms with Gasteiger partial charge in [0.05, 0.1) is 0 Å². The molecule has 90 valence electrons. The number of likely N-dealkylation sites (N-methyl/N-ethyl adjacent to an activating group) is 1. The molecular weight excluding hydrogens is 200 g/mol. The van der Waals surface area contributed by atoms with Crippen molar-refractivity contribution in [2.45, 2.75) is 19.4 Å². The highest BCUT2D eigenvalue weighted by Gasteiger charge is 2.07. The molecule has 3 heteroatoms. The molecule has 0 bridgehead atoms. The van der Waals surface area contributed by atoms with E-state index >= 15 is 0 Å². The molecule has 0 heterocycles. The highest BCUT2D eigenvalue weighted by molar-refractivity contribution is 5.27. The topological polar surface area (TPSA) is 35.5 Å². The Labute approximate surface area is 98.1 Å². The van der Waals surface area contributed by atoms with Gasteiger partial charge in [-0.25, -0.2) is 0 Å². The summed E-state index contributed by atoms with van der Waals surface area (Å²) in [7, 11) is 4.15.